The summed E-state index contributed by atoms with van der Waals surface area (Å²) in [4.78, 5) is 14.6. The lowest BCUT2D eigenvalue weighted by Gasteiger charge is -2.28. The first-order valence-corrected chi connectivity index (χ1v) is 8.94. The Hall–Kier alpha value is -2.56. The highest BCUT2D eigenvalue weighted by atomic mass is 19.4. The standard InChI is InChI=1S/C22H22F3NO/c1-2-12-21(15-17-8-10-19(11-9-17)22(23,24)25)13-14-26(16-21)20(27)18-6-4-3-5-7-18/h2-11H,1,12-16H2. The van der Waals surface area contributed by atoms with Crippen molar-refractivity contribution in [2.45, 2.75) is 25.4 Å². The molecule has 1 saturated heterocycles. The Morgan fingerprint density at radius 3 is 2.37 bits per heavy atom. The molecule has 3 rings (SSSR count). The molecule has 2 nitrogen and oxygen atoms in total. The molecule has 0 aromatic heterocycles. The van der Waals surface area contributed by atoms with Crippen LogP contribution in [0.15, 0.2) is 67.3 Å². The lowest BCUT2D eigenvalue weighted by atomic mass is 9.78. The molecule has 1 unspecified atom stereocenters. The van der Waals surface area contributed by atoms with E-state index in [4.69, 9.17) is 0 Å². The van der Waals surface area contributed by atoms with Gasteiger partial charge in [-0.1, -0.05) is 36.4 Å². The van der Waals surface area contributed by atoms with Crippen LogP contribution in [0.3, 0.4) is 0 Å². The fraction of sp³-hybridized carbons (Fsp3) is 0.318. The highest BCUT2D eigenvalue weighted by molar-refractivity contribution is 5.94. The van der Waals surface area contributed by atoms with Gasteiger partial charge in [-0.25, -0.2) is 0 Å². The molecule has 1 heterocycles. The molecule has 5 heteroatoms. The van der Waals surface area contributed by atoms with E-state index in [1.54, 1.807) is 12.1 Å². The van der Waals surface area contributed by atoms with Gasteiger partial charge in [0.15, 0.2) is 0 Å². The molecule has 0 aliphatic carbocycles. The number of nitrogens with zero attached hydrogens (tertiary/aromatic N) is 1. The Kier molecular flexibility index (Phi) is 5.40. The Labute approximate surface area is 157 Å². The summed E-state index contributed by atoms with van der Waals surface area (Å²) in [5.41, 5.74) is 0.669. The number of likely N-dealkylation sites (tertiary alicyclic amines) is 1. The number of alkyl halides is 3. The average Bonchev–Trinajstić information content (AvgIpc) is 3.05. The zero-order valence-electron chi connectivity index (χ0n) is 15.0. The van der Waals surface area contributed by atoms with Crippen molar-refractivity contribution in [3.8, 4) is 0 Å². The van der Waals surface area contributed by atoms with E-state index >= 15 is 0 Å². The van der Waals surface area contributed by atoms with Gasteiger partial charge in [0.25, 0.3) is 5.91 Å². The van der Waals surface area contributed by atoms with Gasteiger partial charge in [0.05, 0.1) is 5.56 Å². The van der Waals surface area contributed by atoms with Crippen molar-refractivity contribution in [1.82, 2.24) is 4.90 Å². The van der Waals surface area contributed by atoms with Crippen LogP contribution in [0.2, 0.25) is 0 Å². The molecule has 2 aromatic rings. The van der Waals surface area contributed by atoms with E-state index in [0.29, 0.717) is 31.5 Å². The second-order valence-corrected chi connectivity index (χ2v) is 7.21. The van der Waals surface area contributed by atoms with Gasteiger partial charge in [0.1, 0.15) is 0 Å². The minimum absolute atomic E-state index is 0.00560. The molecule has 1 aliphatic rings. The number of allylic oxidation sites excluding steroid dienone is 1. The first-order chi connectivity index (χ1) is 12.8. The summed E-state index contributed by atoms with van der Waals surface area (Å²) in [5, 5.41) is 0. The van der Waals surface area contributed by atoms with Crippen molar-refractivity contribution in [1.29, 1.82) is 0 Å². The van der Waals surface area contributed by atoms with Crippen LogP contribution in [-0.2, 0) is 12.6 Å². The molecule has 1 aliphatic heterocycles. The Morgan fingerprint density at radius 1 is 1.11 bits per heavy atom. The monoisotopic (exact) mass is 373 g/mol. The largest absolute Gasteiger partial charge is 0.416 e. The Bertz CT molecular complexity index is 799. The zero-order chi connectivity index (χ0) is 19.5. The number of hydrogen-bond acceptors (Lipinski definition) is 1. The maximum Gasteiger partial charge on any atom is 0.416 e. The lowest BCUT2D eigenvalue weighted by molar-refractivity contribution is -0.137. The molecule has 27 heavy (non-hydrogen) atoms. The maximum atomic E-state index is 12.8. The number of amides is 1. The first kappa shape index (κ1) is 19.2. The predicted molar refractivity (Wildman–Crippen MR) is 99.4 cm³/mol. The van der Waals surface area contributed by atoms with Crippen molar-refractivity contribution in [3.63, 3.8) is 0 Å². The van der Waals surface area contributed by atoms with E-state index < -0.39 is 11.7 Å². The molecular weight excluding hydrogens is 351 g/mol. The zero-order valence-corrected chi connectivity index (χ0v) is 15.0. The second-order valence-electron chi connectivity index (χ2n) is 7.21. The third kappa shape index (κ3) is 4.41. The van der Waals surface area contributed by atoms with Crippen molar-refractivity contribution in [2.75, 3.05) is 13.1 Å². The van der Waals surface area contributed by atoms with Crippen molar-refractivity contribution in [3.05, 3.63) is 83.9 Å². The SMILES string of the molecule is C=CCC1(Cc2ccc(C(F)(F)F)cc2)CCN(C(=O)c2ccccc2)C1. The summed E-state index contributed by atoms with van der Waals surface area (Å²) in [6, 6.07) is 14.5. The summed E-state index contributed by atoms with van der Waals surface area (Å²) < 4.78 is 38.3. The number of carbonyl (C=O) groups is 1. The highest BCUT2D eigenvalue weighted by Crippen LogP contribution is 2.39. The molecule has 0 saturated carbocycles. The van der Waals surface area contributed by atoms with Gasteiger partial charge in [-0.05, 0) is 54.5 Å². The normalized spacial score (nSPS) is 19.9. The molecule has 1 fully saturated rings. The van der Waals surface area contributed by atoms with Crippen molar-refractivity contribution < 1.29 is 18.0 Å². The topological polar surface area (TPSA) is 20.3 Å². The third-order valence-corrected chi connectivity index (χ3v) is 5.18. The summed E-state index contributed by atoms with van der Waals surface area (Å²) >= 11 is 0. The van der Waals surface area contributed by atoms with Gasteiger partial charge in [-0.3, -0.25) is 4.79 Å². The lowest BCUT2D eigenvalue weighted by Crippen LogP contribution is -2.33. The summed E-state index contributed by atoms with van der Waals surface area (Å²) in [6.07, 6.45) is -0.356. The first-order valence-electron chi connectivity index (χ1n) is 8.94. The van der Waals surface area contributed by atoms with Crippen molar-refractivity contribution >= 4 is 5.91 Å². The summed E-state index contributed by atoms with van der Waals surface area (Å²) in [5.74, 6) is -0.00560. The van der Waals surface area contributed by atoms with E-state index in [-0.39, 0.29) is 11.3 Å². The minimum Gasteiger partial charge on any atom is -0.338 e. The van der Waals surface area contributed by atoms with E-state index in [2.05, 4.69) is 6.58 Å². The number of halogens is 3. The molecule has 0 radical (unpaired) electrons. The van der Waals surface area contributed by atoms with Crippen LogP contribution in [-0.4, -0.2) is 23.9 Å². The van der Waals surface area contributed by atoms with E-state index in [1.807, 2.05) is 29.2 Å². The van der Waals surface area contributed by atoms with E-state index in [1.165, 1.54) is 12.1 Å². The predicted octanol–water partition coefficient (Wildman–Crippen LogP) is 5.36. The molecule has 1 amide bonds. The van der Waals surface area contributed by atoms with Gasteiger partial charge in [0.2, 0.25) is 0 Å². The Morgan fingerprint density at radius 2 is 1.78 bits per heavy atom. The maximum absolute atomic E-state index is 12.8. The van der Waals surface area contributed by atoms with Crippen LogP contribution in [0.5, 0.6) is 0 Å². The molecule has 0 bridgehead atoms. The number of carbonyl (C=O) groups excluding carboxylic acids is 1. The number of hydrogen-bond donors (Lipinski definition) is 0. The van der Waals surface area contributed by atoms with E-state index in [0.717, 1.165) is 24.1 Å². The van der Waals surface area contributed by atoms with E-state index in [9.17, 15) is 18.0 Å². The highest BCUT2D eigenvalue weighted by Gasteiger charge is 2.39. The van der Waals surface area contributed by atoms with Crippen LogP contribution in [0.25, 0.3) is 0 Å². The summed E-state index contributed by atoms with van der Waals surface area (Å²) in [6.45, 7) is 5.05. The van der Waals surface area contributed by atoms with Gasteiger partial charge in [-0.2, -0.15) is 13.2 Å². The average molecular weight is 373 g/mol. The van der Waals surface area contributed by atoms with Crippen LogP contribution < -0.4 is 0 Å². The summed E-state index contributed by atoms with van der Waals surface area (Å²) in [7, 11) is 0. The van der Waals surface area contributed by atoms with Crippen LogP contribution >= 0.6 is 0 Å². The quantitative estimate of drug-likeness (QED) is 0.647. The number of benzene rings is 2. The fourth-order valence-corrected chi connectivity index (χ4v) is 3.81. The van der Waals surface area contributed by atoms with Gasteiger partial charge >= 0.3 is 6.18 Å². The second kappa shape index (κ2) is 7.59. The molecule has 0 spiro atoms. The molecule has 0 N–H and O–H groups in total. The van der Waals surface area contributed by atoms with Crippen LogP contribution in [0, 0.1) is 5.41 Å². The van der Waals surface area contributed by atoms with Gasteiger partial charge in [-0.15, -0.1) is 6.58 Å². The number of rotatable bonds is 5. The molecule has 1 atom stereocenters. The van der Waals surface area contributed by atoms with Crippen molar-refractivity contribution in [2.24, 2.45) is 5.41 Å². The Balaban J connectivity index is 1.75. The molecule has 142 valence electrons. The van der Waals surface area contributed by atoms with Crippen LogP contribution in [0.4, 0.5) is 13.2 Å². The molecular formula is C22H22F3NO. The van der Waals surface area contributed by atoms with Gasteiger partial charge < -0.3 is 4.90 Å². The van der Waals surface area contributed by atoms with Crippen LogP contribution in [0.1, 0.15) is 34.3 Å². The van der Waals surface area contributed by atoms with Gasteiger partial charge in [0, 0.05) is 18.7 Å². The third-order valence-electron chi connectivity index (χ3n) is 5.18. The fourth-order valence-electron chi connectivity index (χ4n) is 3.81. The minimum atomic E-state index is -4.33. The molecule has 2 aromatic carbocycles. The smallest absolute Gasteiger partial charge is 0.338 e.